The molecule has 0 saturated heterocycles. The molecule has 18 heavy (non-hydrogen) atoms. The van der Waals surface area contributed by atoms with Crippen molar-refractivity contribution in [2.24, 2.45) is 0 Å². The first-order valence-electron chi connectivity index (χ1n) is 6.30. The summed E-state index contributed by atoms with van der Waals surface area (Å²) in [7, 11) is 1.97. The second-order valence-electron chi connectivity index (χ2n) is 4.59. The Balaban J connectivity index is 2.33. The van der Waals surface area contributed by atoms with E-state index < -0.39 is 0 Å². The quantitative estimate of drug-likeness (QED) is 0.903. The maximum absolute atomic E-state index is 4.73. The molecule has 0 radical (unpaired) electrons. The molecule has 0 aromatic carbocycles. The maximum Gasteiger partial charge on any atom is 0.116 e. The Kier molecular flexibility index (Phi) is 4.14. The molecule has 2 aromatic rings. The lowest BCUT2D eigenvalue weighted by atomic mass is 10.1. The third-order valence-corrected chi connectivity index (χ3v) is 3.98. The zero-order valence-electron chi connectivity index (χ0n) is 11.3. The number of aryl methyl sites for hydroxylation is 1. The van der Waals surface area contributed by atoms with Crippen molar-refractivity contribution in [3.8, 4) is 0 Å². The minimum absolute atomic E-state index is 0.130. The third kappa shape index (κ3) is 2.47. The van der Waals surface area contributed by atoms with E-state index in [1.165, 1.54) is 5.69 Å². The molecule has 2 rings (SSSR count). The van der Waals surface area contributed by atoms with E-state index in [1.807, 2.05) is 19.6 Å². The van der Waals surface area contributed by atoms with Crippen molar-refractivity contribution in [2.45, 2.75) is 39.3 Å². The van der Waals surface area contributed by atoms with Gasteiger partial charge >= 0.3 is 0 Å². The first-order chi connectivity index (χ1) is 8.67. The molecule has 0 fully saturated rings. The predicted octanol–water partition coefficient (Wildman–Crippen LogP) is 2.79. The number of aromatic nitrogens is 3. The van der Waals surface area contributed by atoms with Crippen LogP contribution in [0, 0.1) is 0 Å². The smallest absolute Gasteiger partial charge is 0.116 e. The topological polar surface area (TPSA) is 42.7 Å². The van der Waals surface area contributed by atoms with Gasteiger partial charge in [-0.15, -0.1) is 11.3 Å². The first-order valence-corrected chi connectivity index (χ1v) is 7.17. The Hall–Kier alpha value is -1.20. The Morgan fingerprint density at radius 1 is 1.44 bits per heavy atom. The van der Waals surface area contributed by atoms with Crippen molar-refractivity contribution in [1.29, 1.82) is 0 Å². The molecule has 4 nitrogen and oxygen atoms in total. The van der Waals surface area contributed by atoms with Crippen LogP contribution >= 0.6 is 11.3 Å². The highest BCUT2D eigenvalue weighted by molar-refractivity contribution is 7.09. The molecule has 0 spiro atoms. The van der Waals surface area contributed by atoms with Crippen LogP contribution in [0.5, 0.6) is 0 Å². The lowest BCUT2D eigenvalue weighted by molar-refractivity contribution is 0.603. The highest BCUT2D eigenvalue weighted by Crippen LogP contribution is 2.27. The number of hydrogen-bond acceptors (Lipinski definition) is 4. The summed E-state index contributed by atoms with van der Waals surface area (Å²) < 4.78 is 2.15. The van der Waals surface area contributed by atoms with Gasteiger partial charge in [0.25, 0.3) is 0 Å². The van der Waals surface area contributed by atoms with E-state index in [4.69, 9.17) is 4.98 Å². The van der Waals surface area contributed by atoms with Gasteiger partial charge in [0.15, 0.2) is 0 Å². The standard InChI is InChI=1S/C13H20N4S/c1-5-17-8-15-6-11(17)12(14-4)13-16-10(7-18-13)9(2)3/h6-9,12,14H,5H2,1-4H3. The summed E-state index contributed by atoms with van der Waals surface area (Å²) in [5.74, 6) is 0.476. The van der Waals surface area contributed by atoms with Gasteiger partial charge in [-0.2, -0.15) is 0 Å². The molecular weight excluding hydrogens is 244 g/mol. The SMILES string of the molecule is CCn1cncc1C(NC)c1nc(C(C)C)cs1. The van der Waals surface area contributed by atoms with Gasteiger partial charge < -0.3 is 9.88 Å². The number of imidazole rings is 1. The molecule has 0 bridgehead atoms. The lowest BCUT2D eigenvalue weighted by Crippen LogP contribution is -2.20. The highest BCUT2D eigenvalue weighted by atomic mass is 32.1. The molecule has 98 valence electrons. The van der Waals surface area contributed by atoms with Crippen molar-refractivity contribution in [3.63, 3.8) is 0 Å². The van der Waals surface area contributed by atoms with Gasteiger partial charge in [-0.05, 0) is 19.9 Å². The Bertz CT molecular complexity index is 501. The molecule has 0 aliphatic carbocycles. The van der Waals surface area contributed by atoms with Crippen molar-refractivity contribution in [3.05, 3.63) is 34.3 Å². The fraction of sp³-hybridized carbons (Fsp3) is 0.538. The van der Waals surface area contributed by atoms with Crippen LogP contribution in [0.4, 0.5) is 0 Å². The third-order valence-electron chi connectivity index (χ3n) is 3.05. The molecule has 1 N–H and O–H groups in total. The van der Waals surface area contributed by atoms with Crippen LogP contribution in [-0.2, 0) is 6.54 Å². The Morgan fingerprint density at radius 2 is 2.22 bits per heavy atom. The van der Waals surface area contributed by atoms with Crippen LogP contribution in [0.1, 0.15) is 49.1 Å². The van der Waals surface area contributed by atoms with Crippen molar-refractivity contribution in [1.82, 2.24) is 19.9 Å². The van der Waals surface area contributed by atoms with Crippen LogP contribution in [0.2, 0.25) is 0 Å². The fourth-order valence-electron chi connectivity index (χ4n) is 1.93. The largest absolute Gasteiger partial charge is 0.333 e. The Morgan fingerprint density at radius 3 is 2.78 bits per heavy atom. The van der Waals surface area contributed by atoms with Gasteiger partial charge in [0.2, 0.25) is 0 Å². The van der Waals surface area contributed by atoms with Gasteiger partial charge in [0.05, 0.1) is 23.9 Å². The van der Waals surface area contributed by atoms with Gasteiger partial charge in [0.1, 0.15) is 11.0 Å². The highest BCUT2D eigenvalue weighted by Gasteiger charge is 2.19. The number of hydrogen-bond donors (Lipinski definition) is 1. The monoisotopic (exact) mass is 264 g/mol. The van der Waals surface area contributed by atoms with Crippen LogP contribution < -0.4 is 5.32 Å². The molecule has 2 heterocycles. The van der Waals surface area contributed by atoms with E-state index in [0.29, 0.717) is 5.92 Å². The van der Waals surface area contributed by atoms with Crippen molar-refractivity contribution in [2.75, 3.05) is 7.05 Å². The predicted molar refractivity (Wildman–Crippen MR) is 75.0 cm³/mol. The second kappa shape index (κ2) is 5.63. The van der Waals surface area contributed by atoms with E-state index in [-0.39, 0.29) is 6.04 Å². The van der Waals surface area contributed by atoms with Crippen LogP contribution in [-0.4, -0.2) is 21.6 Å². The summed E-state index contributed by atoms with van der Waals surface area (Å²) in [4.78, 5) is 8.96. The fourth-order valence-corrected chi connectivity index (χ4v) is 3.03. The normalized spacial score (nSPS) is 13.2. The first kappa shape index (κ1) is 13.2. The van der Waals surface area contributed by atoms with Gasteiger partial charge in [-0.1, -0.05) is 13.8 Å². The van der Waals surface area contributed by atoms with E-state index in [9.17, 15) is 0 Å². The average Bonchev–Trinajstić information content (AvgIpc) is 2.98. The van der Waals surface area contributed by atoms with E-state index in [1.54, 1.807) is 11.3 Å². The molecule has 0 aliphatic heterocycles. The maximum atomic E-state index is 4.73. The van der Waals surface area contributed by atoms with E-state index in [2.05, 4.69) is 41.0 Å². The molecule has 0 saturated carbocycles. The summed E-state index contributed by atoms with van der Waals surface area (Å²) in [6.45, 7) is 7.39. The Labute approximate surface area is 112 Å². The summed E-state index contributed by atoms with van der Waals surface area (Å²) in [5, 5.41) is 6.59. The minimum Gasteiger partial charge on any atom is -0.333 e. The summed E-state index contributed by atoms with van der Waals surface area (Å²) in [5.41, 5.74) is 2.34. The average molecular weight is 264 g/mol. The van der Waals surface area contributed by atoms with Crippen LogP contribution in [0.3, 0.4) is 0 Å². The van der Waals surface area contributed by atoms with Gasteiger partial charge in [-0.25, -0.2) is 9.97 Å². The molecule has 2 aromatic heterocycles. The number of thiazole rings is 1. The summed E-state index contributed by atoms with van der Waals surface area (Å²) >= 11 is 1.71. The zero-order valence-corrected chi connectivity index (χ0v) is 12.2. The van der Waals surface area contributed by atoms with E-state index >= 15 is 0 Å². The number of nitrogens with one attached hydrogen (secondary N) is 1. The molecule has 5 heteroatoms. The summed E-state index contributed by atoms with van der Waals surface area (Å²) in [6, 6.07) is 0.130. The van der Waals surface area contributed by atoms with Crippen molar-refractivity contribution >= 4 is 11.3 Å². The summed E-state index contributed by atoms with van der Waals surface area (Å²) in [6.07, 6.45) is 3.79. The van der Waals surface area contributed by atoms with Gasteiger partial charge in [0, 0.05) is 11.9 Å². The van der Waals surface area contributed by atoms with Crippen LogP contribution in [0.15, 0.2) is 17.9 Å². The van der Waals surface area contributed by atoms with Gasteiger partial charge in [-0.3, -0.25) is 0 Å². The van der Waals surface area contributed by atoms with E-state index in [0.717, 1.165) is 17.2 Å². The zero-order chi connectivity index (χ0) is 13.1. The van der Waals surface area contributed by atoms with Crippen molar-refractivity contribution < 1.29 is 0 Å². The van der Waals surface area contributed by atoms with Crippen LogP contribution in [0.25, 0.3) is 0 Å². The minimum atomic E-state index is 0.130. The molecule has 1 unspecified atom stereocenters. The molecular formula is C13H20N4S. The number of nitrogens with zero attached hydrogens (tertiary/aromatic N) is 3. The second-order valence-corrected chi connectivity index (χ2v) is 5.48. The molecule has 0 aliphatic rings. The lowest BCUT2D eigenvalue weighted by Gasteiger charge is -2.15. The number of rotatable bonds is 5. The molecule has 0 amide bonds. The molecule has 1 atom stereocenters.